The van der Waals surface area contributed by atoms with Crippen molar-refractivity contribution in [2.45, 2.75) is 12.8 Å². The number of benzene rings is 2. The Bertz CT molecular complexity index is 1430. The van der Waals surface area contributed by atoms with Crippen LogP contribution in [-0.4, -0.2) is 54.2 Å². The van der Waals surface area contributed by atoms with E-state index in [0.29, 0.717) is 28.8 Å². The largest absolute Gasteiger partial charge is 0.467 e. The highest BCUT2D eigenvalue weighted by molar-refractivity contribution is 6.35. The summed E-state index contributed by atoms with van der Waals surface area (Å²) in [5, 5.41) is 2.93. The number of oxazole rings is 1. The van der Waals surface area contributed by atoms with Gasteiger partial charge in [0.25, 0.3) is 11.9 Å². The van der Waals surface area contributed by atoms with Crippen LogP contribution in [0.5, 0.6) is 6.01 Å². The number of alkyl halides is 2. The third-order valence-electron chi connectivity index (χ3n) is 5.72. The van der Waals surface area contributed by atoms with Crippen molar-refractivity contribution in [2.24, 2.45) is 0 Å². The van der Waals surface area contributed by atoms with Crippen molar-refractivity contribution in [1.82, 2.24) is 20.3 Å². The Balaban J connectivity index is 1.78. The molecule has 8 nitrogen and oxygen atoms in total. The molecule has 2 aromatic carbocycles. The highest BCUT2D eigenvalue weighted by Crippen LogP contribution is 2.42. The number of fused-ring (bicyclic) bond motifs is 2. The Morgan fingerprint density at radius 2 is 2.00 bits per heavy atom. The summed E-state index contributed by atoms with van der Waals surface area (Å²) in [5.74, 6) is -3.66. The summed E-state index contributed by atoms with van der Waals surface area (Å²) < 4.78 is 55.3. The smallest absolute Gasteiger partial charge is 0.318 e. The first kappa shape index (κ1) is 22.5. The molecule has 0 unspecified atom stereocenters. The average Bonchev–Trinajstić information content (AvgIpc) is 3.06. The van der Waals surface area contributed by atoms with Gasteiger partial charge in [0.1, 0.15) is 16.9 Å². The van der Waals surface area contributed by atoms with E-state index in [1.54, 1.807) is 19.1 Å². The van der Waals surface area contributed by atoms with Crippen LogP contribution in [0.4, 0.5) is 25.0 Å². The molecule has 3 N–H and O–H groups in total. The molecule has 1 saturated heterocycles. The maximum atomic E-state index is 16.1. The molecule has 0 saturated carbocycles. The lowest BCUT2D eigenvalue weighted by atomic mass is 9.97. The molecule has 0 radical (unpaired) electrons. The van der Waals surface area contributed by atoms with Crippen LogP contribution in [0, 0.1) is 12.7 Å². The molecule has 1 aliphatic rings. The molecule has 0 aliphatic carbocycles. The molecule has 1 aliphatic heterocycles. The number of aryl methyl sites for hydroxylation is 1. The van der Waals surface area contributed by atoms with Crippen LogP contribution >= 0.6 is 11.6 Å². The molecule has 12 heteroatoms. The maximum Gasteiger partial charge on any atom is 0.318 e. The second-order valence-corrected chi connectivity index (χ2v) is 8.50. The van der Waals surface area contributed by atoms with E-state index < -0.39 is 24.8 Å². The van der Waals surface area contributed by atoms with Gasteiger partial charge in [-0.2, -0.15) is 15.0 Å². The summed E-state index contributed by atoms with van der Waals surface area (Å²) in [6.07, 6.45) is 0. The molecule has 0 spiro atoms. The third-order valence-corrected chi connectivity index (χ3v) is 6.02. The fourth-order valence-electron chi connectivity index (χ4n) is 4.23. The van der Waals surface area contributed by atoms with E-state index in [-0.39, 0.29) is 45.9 Å². The maximum absolute atomic E-state index is 16.1. The average molecular weight is 493 g/mol. The third kappa shape index (κ3) is 3.74. The zero-order chi connectivity index (χ0) is 24.2. The Morgan fingerprint density at radius 1 is 1.21 bits per heavy atom. The minimum atomic E-state index is -3.01. The van der Waals surface area contributed by atoms with Gasteiger partial charge in [0.05, 0.1) is 25.2 Å². The zero-order valence-electron chi connectivity index (χ0n) is 18.3. The summed E-state index contributed by atoms with van der Waals surface area (Å²) in [4.78, 5) is 14.0. The monoisotopic (exact) mass is 492 g/mol. The first-order valence-electron chi connectivity index (χ1n) is 10.4. The van der Waals surface area contributed by atoms with Gasteiger partial charge < -0.3 is 25.1 Å². The molecule has 0 bridgehead atoms. The molecule has 0 atom stereocenters. The second-order valence-electron chi connectivity index (χ2n) is 8.09. The van der Waals surface area contributed by atoms with Crippen molar-refractivity contribution in [3.63, 3.8) is 0 Å². The number of nitrogens with two attached hydrogens (primary N) is 1. The van der Waals surface area contributed by atoms with Gasteiger partial charge in [0.15, 0.2) is 11.4 Å². The van der Waals surface area contributed by atoms with Crippen molar-refractivity contribution in [1.29, 1.82) is 0 Å². The van der Waals surface area contributed by atoms with Crippen LogP contribution in [0.1, 0.15) is 5.56 Å². The SMILES string of the molecule is COc1nc(N2CCNCC(F)(F)C2)c2cc(Cl)c(-c3c(C)ccc4oc(N)nc34)c(F)c2n1. The van der Waals surface area contributed by atoms with Crippen molar-refractivity contribution < 1.29 is 22.3 Å². The van der Waals surface area contributed by atoms with Crippen molar-refractivity contribution in [3.8, 4) is 17.1 Å². The van der Waals surface area contributed by atoms with E-state index >= 15 is 4.39 Å². The quantitative estimate of drug-likeness (QED) is 0.439. The lowest BCUT2D eigenvalue weighted by Gasteiger charge is -2.26. The number of anilines is 2. The number of nitrogens with one attached hydrogen (secondary N) is 1. The number of halogens is 4. The van der Waals surface area contributed by atoms with Crippen molar-refractivity contribution in [3.05, 3.63) is 34.6 Å². The zero-order valence-corrected chi connectivity index (χ0v) is 19.0. The first-order chi connectivity index (χ1) is 16.2. The van der Waals surface area contributed by atoms with Gasteiger partial charge in [-0.15, -0.1) is 0 Å². The van der Waals surface area contributed by atoms with Crippen LogP contribution in [0.25, 0.3) is 33.1 Å². The number of aromatic nitrogens is 3. The summed E-state index contributed by atoms with van der Waals surface area (Å²) in [5.41, 5.74) is 7.43. The Morgan fingerprint density at radius 3 is 2.76 bits per heavy atom. The Hall–Kier alpha value is -3.31. The van der Waals surface area contributed by atoms with Gasteiger partial charge in [-0.05, 0) is 24.6 Å². The number of ether oxygens (including phenoxy) is 1. The summed E-state index contributed by atoms with van der Waals surface area (Å²) in [6, 6.07) is 4.67. The van der Waals surface area contributed by atoms with E-state index in [0.717, 1.165) is 0 Å². The highest BCUT2D eigenvalue weighted by atomic mass is 35.5. The Kier molecular flexibility index (Phi) is 5.40. The van der Waals surface area contributed by atoms with E-state index in [2.05, 4.69) is 20.3 Å². The molecule has 4 aromatic rings. The van der Waals surface area contributed by atoms with Crippen molar-refractivity contribution >= 4 is 45.4 Å². The topological polar surface area (TPSA) is 102 Å². The normalized spacial score (nSPS) is 16.2. The van der Waals surface area contributed by atoms with Gasteiger partial charge in [0.2, 0.25) is 0 Å². The molecule has 0 amide bonds. The van der Waals surface area contributed by atoms with Crippen LogP contribution in [0.2, 0.25) is 5.02 Å². The fourth-order valence-corrected chi connectivity index (χ4v) is 4.52. The second kappa shape index (κ2) is 8.17. The number of rotatable bonds is 3. The molecular formula is C22H20ClF3N6O2. The fraction of sp³-hybridized carbons (Fsp3) is 0.318. The summed E-state index contributed by atoms with van der Waals surface area (Å²) in [7, 11) is 1.32. The van der Waals surface area contributed by atoms with Crippen LogP contribution in [0.15, 0.2) is 22.6 Å². The summed E-state index contributed by atoms with van der Waals surface area (Å²) in [6.45, 7) is 1.23. The standard InChI is InChI=1S/C22H20ClF3N6O2/c1-10-3-4-13-18(29-20(27)34-13)14(10)15-12(23)7-11-17(16(15)24)30-21(33-2)31-19(11)32-6-5-28-8-22(25,26)9-32/h3-4,7,28H,5-6,8-9H2,1-2H3,(H2,27,29). The van der Waals surface area contributed by atoms with E-state index in [9.17, 15) is 8.78 Å². The van der Waals surface area contributed by atoms with E-state index in [1.807, 2.05) is 0 Å². The number of hydrogen-bond acceptors (Lipinski definition) is 8. The predicted octanol–water partition coefficient (Wildman–Crippen LogP) is 4.17. The molecule has 178 valence electrons. The number of hydrogen-bond donors (Lipinski definition) is 2. The van der Waals surface area contributed by atoms with Crippen LogP contribution < -0.4 is 20.7 Å². The van der Waals surface area contributed by atoms with Gasteiger partial charge in [-0.25, -0.2) is 13.2 Å². The summed E-state index contributed by atoms with van der Waals surface area (Å²) >= 11 is 6.60. The van der Waals surface area contributed by atoms with Gasteiger partial charge in [-0.1, -0.05) is 17.7 Å². The molecule has 2 aromatic heterocycles. The number of methoxy groups -OCH3 is 1. The van der Waals surface area contributed by atoms with Gasteiger partial charge in [-0.3, -0.25) is 0 Å². The minimum absolute atomic E-state index is 0.0388. The molecule has 34 heavy (non-hydrogen) atoms. The van der Waals surface area contributed by atoms with E-state index in [1.165, 1.54) is 18.1 Å². The molecule has 5 rings (SSSR count). The van der Waals surface area contributed by atoms with Gasteiger partial charge >= 0.3 is 6.01 Å². The number of nitrogens with zero attached hydrogens (tertiary/aromatic N) is 4. The highest BCUT2D eigenvalue weighted by Gasteiger charge is 2.35. The molecular weight excluding hydrogens is 473 g/mol. The number of nitrogen functional groups attached to an aromatic ring is 1. The predicted molar refractivity (Wildman–Crippen MR) is 123 cm³/mol. The molecule has 1 fully saturated rings. The van der Waals surface area contributed by atoms with Crippen LogP contribution in [-0.2, 0) is 0 Å². The van der Waals surface area contributed by atoms with Crippen LogP contribution in [0.3, 0.4) is 0 Å². The Labute approximate surface area is 196 Å². The minimum Gasteiger partial charge on any atom is -0.467 e. The van der Waals surface area contributed by atoms with E-state index in [4.69, 9.17) is 26.5 Å². The lowest BCUT2D eigenvalue weighted by molar-refractivity contribution is 0.0156. The molecule has 3 heterocycles. The van der Waals surface area contributed by atoms with Crippen molar-refractivity contribution in [2.75, 3.05) is 43.9 Å². The lowest BCUT2D eigenvalue weighted by Crippen LogP contribution is -2.39. The van der Waals surface area contributed by atoms with Gasteiger partial charge in [0, 0.05) is 29.6 Å². The first-order valence-corrected chi connectivity index (χ1v) is 10.8.